The molecule has 3 aromatic rings. The third-order valence-electron chi connectivity index (χ3n) is 2.83. The summed E-state index contributed by atoms with van der Waals surface area (Å²) in [4.78, 5) is 17.8. The Balaban J connectivity index is 2.38. The van der Waals surface area contributed by atoms with Crippen molar-refractivity contribution in [2.24, 2.45) is 0 Å². The smallest absolute Gasteiger partial charge is 0.354 e. The van der Waals surface area contributed by atoms with E-state index in [1.54, 1.807) is 18.2 Å². The van der Waals surface area contributed by atoms with Crippen molar-refractivity contribution >= 4 is 27.8 Å². The number of aromatic carboxylic acids is 1. The fraction of sp³-hybridized carbons (Fsp3) is 0. The van der Waals surface area contributed by atoms with E-state index in [9.17, 15) is 4.79 Å². The lowest BCUT2D eigenvalue weighted by Gasteiger charge is -1.94. The van der Waals surface area contributed by atoms with Crippen LogP contribution in [0.4, 0.5) is 0 Å². The number of aromatic amines is 1. The lowest BCUT2D eigenvalue weighted by Crippen LogP contribution is -1.98. The van der Waals surface area contributed by atoms with Crippen molar-refractivity contribution in [2.75, 3.05) is 0 Å². The van der Waals surface area contributed by atoms with Gasteiger partial charge in [-0.25, -0.2) is 9.78 Å². The Morgan fingerprint density at radius 2 is 2.11 bits per heavy atom. The number of carbonyl (C=O) groups is 1. The van der Waals surface area contributed by atoms with Gasteiger partial charge in [0, 0.05) is 16.3 Å². The molecule has 0 unspecified atom stereocenters. The minimum absolute atomic E-state index is 0.00718. The van der Waals surface area contributed by atoms with E-state index in [2.05, 4.69) is 16.0 Å². The van der Waals surface area contributed by atoms with E-state index >= 15 is 0 Å². The van der Waals surface area contributed by atoms with Gasteiger partial charge in [0.2, 0.25) is 0 Å². The van der Waals surface area contributed by atoms with Crippen molar-refractivity contribution in [1.29, 1.82) is 5.26 Å². The predicted octanol–water partition coefficient (Wildman–Crippen LogP) is 2.29. The van der Waals surface area contributed by atoms with Gasteiger partial charge in [-0.2, -0.15) is 5.26 Å². The summed E-state index contributed by atoms with van der Waals surface area (Å²) in [7, 11) is 0. The molecule has 0 aliphatic rings. The molecular formula is C13H7N3O2. The maximum atomic E-state index is 10.9. The molecule has 5 nitrogen and oxygen atoms in total. The van der Waals surface area contributed by atoms with Crippen LogP contribution in [0.15, 0.2) is 30.5 Å². The van der Waals surface area contributed by atoms with Crippen molar-refractivity contribution < 1.29 is 9.90 Å². The highest BCUT2D eigenvalue weighted by molar-refractivity contribution is 6.08. The molecule has 3 rings (SSSR count). The summed E-state index contributed by atoms with van der Waals surface area (Å²) in [6.45, 7) is 0. The van der Waals surface area contributed by atoms with Crippen LogP contribution in [0.25, 0.3) is 21.8 Å². The van der Waals surface area contributed by atoms with Crippen molar-refractivity contribution in [1.82, 2.24) is 9.97 Å². The van der Waals surface area contributed by atoms with Gasteiger partial charge in [0.15, 0.2) is 0 Å². The molecule has 18 heavy (non-hydrogen) atoms. The molecule has 2 aromatic heterocycles. The van der Waals surface area contributed by atoms with Crippen LogP contribution in [0, 0.1) is 11.3 Å². The third kappa shape index (κ3) is 1.40. The Labute approximate surface area is 101 Å². The number of hydrogen-bond donors (Lipinski definition) is 2. The van der Waals surface area contributed by atoms with E-state index in [1.807, 2.05) is 0 Å². The second kappa shape index (κ2) is 3.57. The van der Waals surface area contributed by atoms with Crippen molar-refractivity contribution in [3.05, 3.63) is 41.7 Å². The number of nitrogens with zero attached hydrogens (tertiary/aromatic N) is 2. The molecule has 0 saturated carbocycles. The lowest BCUT2D eigenvalue weighted by molar-refractivity contribution is 0.0691. The number of fused-ring (bicyclic) bond motifs is 3. The van der Waals surface area contributed by atoms with E-state index in [-0.39, 0.29) is 5.69 Å². The highest BCUT2D eigenvalue weighted by Crippen LogP contribution is 2.26. The van der Waals surface area contributed by atoms with Gasteiger partial charge in [-0.1, -0.05) is 6.07 Å². The summed E-state index contributed by atoms with van der Waals surface area (Å²) in [6.07, 6.45) is 1.49. The number of hydrogen-bond acceptors (Lipinski definition) is 3. The molecule has 86 valence electrons. The summed E-state index contributed by atoms with van der Waals surface area (Å²) in [5.41, 5.74) is 2.12. The van der Waals surface area contributed by atoms with Gasteiger partial charge in [0.1, 0.15) is 5.69 Å². The molecule has 1 aromatic carbocycles. The van der Waals surface area contributed by atoms with Crippen LogP contribution in [0.3, 0.4) is 0 Å². The summed E-state index contributed by atoms with van der Waals surface area (Å²) < 4.78 is 0. The van der Waals surface area contributed by atoms with Crippen LogP contribution < -0.4 is 0 Å². The van der Waals surface area contributed by atoms with Crippen LogP contribution in [0.5, 0.6) is 0 Å². The molecule has 0 aliphatic carbocycles. The molecule has 0 fully saturated rings. The Hall–Kier alpha value is -2.87. The first-order valence-corrected chi connectivity index (χ1v) is 5.24. The Kier molecular flexibility index (Phi) is 2.04. The van der Waals surface area contributed by atoms with Crippen LogP contribution in [-0.2, 0) is 0 Å². The zero-order chi connectivity index (χ0) is 12.7. The van der Waals surface area contributed by atoms with Gasteiger partial charge in [0.05, 0.1) is 23.3 Å². The number of carboxylic acids is 1. The second-order valence-corrected chi connectivity index (χ2v) is 3.92. The fourth-order valence-corrected chi connectivity index (χ4v) is 1.99. The van der Waals surface area contributed by atoms with E-state index in [0.717, 1.165) is 21.8 Å². The molecular weight excluding hydrogens is 230 g/mol. The van der Waals surface area contributed by atoms with Gasteiger partial charge in [-0.15, -0.1) is 0 Å². The van der Waals surface area contributed by atoms with Crippen LogP contribution in [0.1, 0.15) is 16.1 Å². The maximum absolute atomic E-state index is 10.9. The van der Waals surface area contributed by atoms with Gasteiger partial charge >= 0.3 is 5.97 Å². The molecule has 2 heterocycles. The molecule has 0 spiro atoms. The summed E-state index contributed by atoms with van der Waals surface area (Å²) in [5.74, 6) is -1.06. The number of H-pyrrole nitrogens is 1. The number of benzene rings is 1. The van der Waals surface area contributed by atoms with Crippen molar-refractivity contribution in [3.8, 4) is 6.07 Å². The molecule has 0 atom stereocenters. The minimum atomic E-state index is -1.06. The van der Waals surface area contributed by atoms with Gasteiger partial charge < -0.3 is 10.1 Å². The normalized spacial score (nSPS) is 10.6. The number of pyridine rings is 1. The lowest BCUT2D eigenvalue weighted by atomic mass is 10.1. The topological polar surface area (TPSA) is 89.8 Å². The molecule has 0 radical (unpaired) electrons. The molecule has 0 saturated heterocycles. The highest BCUT2D eigenvalue weighted by Gasteiger charge is 2.10. The van der Waals surface area contributed by atoms with Gasteiger partial charge in [-0.05, 0) is 18.2 Å². The largest absolute Gasteiger partial charge is 0.477 e. The monoisotopic (exact) mass is 237 g/mol. The molecule has 0 amide bonds. The van der Waals surface area contributed by atoms with Crippen molar-refractivity contribution in [3.63, 3.8) is 0 Å². The first-order valence-electron chi connectivity index (χ1n) is 5.24. The molecule has 2 N–H and O–H groups in total. The molecule has 5 heteroatoms. The summed E-state index contributed by atoms with van der Waals surface area (Å²) in [6, 6.07) is 8.83. The number of nitrogens with one attached hydrogen (secondary N) is 1. The first kappa shape index (κ1) is 10.3. The standard InChI is InChI=1S/C13H7N3O2/c14-5-7-1-2-8-9-4-11(13(17)18)15-6-12(9)16-10(8)3-7/h1-4,6,16H,(H,17,18). The summed E-state index contributed by atoms with van der Waals surface area (Å²) >= 11 is 0. The average Bonchev–Trinajstić information content (AvgIpc) is 2.74. The second-order valence-electron chi connectivity index (χ2n) is 3.92. The number of nitriles is 1. The van der Waals surface area contributed by atoms with Crippen LogP contribution >= 0.6 is 0 Å². The highest BCUT2D eigenvalue weighted by atomic mass is 16.4. The quantitative estimate of drug-likeness (QED) is 0.679. The van der Waals surface area contributed by atoms with E-state index < -0.39 is 5.97 Å². The van der Waals surface area contributed by atoms with Crippen molar-refractivity contribution in [2.45, 2.75) is 0 Å². The zero-order valence-electron chi connectivity index (χ0n) is 9.14. The molecule has 0 aliphatic heterocycles. The predicted molar refractivity (Wildman–Crippen MR) is 65.3 cm³/mol. The number of rotatable bonds is 1. The third-order valence-corrected chi connectivity index (χ3v) is 2.83. The number of carboxylic acid groups (broad SMARTS) is 1. The average molecular weight is 237 g/mol. The van der Waals surface area contributed by atoms with Gasteiger partial charge in [0.25, 0.3) is 0 Å². The first-order chi connectivity index (χ1) is 8.69. The Morgan fingerprint density at radius 3 is 2.83 bits per heavy atom. The number of aromatic nitrogens is 2. The van der Waals surface area contributed by atoms with Crippen LogP contribution in [-0.4, -0.2) is 21.0 Å². The van der Waals surface area contributed by atoms with E-state index in [1.165, 1.54) is 12.3 Å². The Bertz CT molecular complexity index is 827. The van der Waals surface area contributed by atoms with E-state index in [4.69, 9.17) is 10.4 Å². The summed E-state index contributed by atoms with van der Waals surface area (Å²) in [5, 5.41) is 19.4. The maximum Gasteiger partial charge on any atom is 0.354 e. The molecule has 0 bridgehead atoms. The fourth-order valence-electron chi connectivity index (χ4n) is 1.99. The van der Waals surface area contributed by atoms with Crippen LogP contribution in [0.2, 0.25) is 0 Å². The SMILES string of the molecule is N#Cc1ccc2c(c1)[nH]c1cnc(C(=O)O)cc12. The van der Waals surface area contributed by atoms with E-state index in [0.29, 0.717) is 5.56 Å². The van der Waals surface area contributed by atoms with Gasteiger partial charge in [-0.3, -0.25) is 0 Å². The Morgan fingerprint density at radius 1 is 1.28 bits per heavy atom. The zero-order valence-corrected chi connectivity index (χ0v) is 9.14. The minimum Gasteiger partial charge on any atom is -0.477 e.